The van der Waals surface area contributed by atoms with Gasteiger partial charge in [0.15, 0.2) is 0 Å². The largest absolute Gasteiger partial charge is 0.299 e. The first-order valence-corrected chi connectivity index (χ1v) is 6.80. The summed E-state index contributed by atoms with van der Waals surface area (Å²) < 4.78 is 0. The molecule has 3 rings (SSSR count). The Morgan fingerprint density at radius 3 is 2.74 bits per heavy atom. The Bertz CT molecular complexity index is 677. The number of aromatic nitrogens is 1. The fourth-order valence-corrected chi connectivity index (χ4v) is 3.01. The van der Waals surface area contributed by atoms with Crippen LogP contribution in [0.25, 0.3) is 0 Å². The number of aryl methyl sites for hydroxylation is 2. The van der Waals surface area contributed by atoms with Crippen LogP contribution in [0.4, 0.5) is 5.69 Å². The molecular formula is C14H12N2O2S. The number of hydrogen-bond acceptors (Lipinski definition) is 4. The van der Waals surface area contributed by atoms with Crippen molar-refractivity contribution in [2.75, 3.05) is 4.90 Å². The molecule has 0 fully saturated rings. The molecule has 0 atom stereocenters. The maximum atomic E-state index is 12.1. The predicted octanol–water partition coefficient (Wildman–Crippen LogP) is 2.49. The standard InChI is InChI=1S/C14H12N2O2S/c1-8-3-9(2)12-11(4-8)16(14(18)13(12)17)6-10-5-15-7-19-10/h3-5,7H,6H2,1-2H3. The van der Waals surface area contributed by atoms with Crippen LogP contribution in [0.1, 0.15) is 26.4 Å². The number of carbonyl (C=O) groups is 2. The van der Waals surface area contributed by atoms with E-state index in [4.69, 9.17) is 0 Å². The predicted molar refractivity (Wildman–Crippen MR) is 73.6 cm³/mol. The molecule has 19 heavy (non-hydrogen) atoms. The Labute approximate surface area is 114 Å². The summed E-state index contributed by atoms with van der Waals surface area (Å²) in [6, 6.07) is 3.83. The molecule has 0 N–H and O–H groups in total. The van der Waals surface area contributed by atoms with Gasteiger partial charge in [0.1, 0.15) is 0 Å². The second-order valence-corrected chi connectivity index (χ2v) is 5.64. The lowest BCUT2D eigenvalue weighted by atomic mass is 10.0. The Morgan fingerprint density at radius 1 is 1.26 bits per heavy atom. The highest BCUT2D eigenvalue weighted by Crippen LogP contribution is 2.34. The van der Waals surface area contributed by atoms with Crippen molar-refractivity contribution in [1.29, 1.82) is 0 Å². The van der Waals surface area contributed by atoms with Gasteiger partial charge < -0.3 is 0 Å². The lowest BCUT2D eigenvalue weighted by Gasteiger charge is -2.16. The summed E-state index contributed by atoms with van der Waals surface area (Å²) in [5.41, 5.74) is 4.90. The van der Waals surface area contributed by atoms with Crippen LogP contribution in [0.15, 0.2) is 23.8 Å². The number of rotatable bonds is 2. The van der Waals surface area contributed by atoms with Crippen LogP contribution in [0.3, 0.4) is 0 Å². The van der Waals surface area contributed by atoms with E-state index in [1.807, 2.05) is 26.0 Å². The zero-order chi connectivity index (χ0) is 13.6. The number of thiazole rings is 1. The summed E-state index contributed by atoms with van der Waals surface area (Å²) in [5, 5.41) is 0. The Morgan fingerprint density at radius 2 is 2.05 bits per heavy atom. The molecule has 0 saturated carbocycles. The second-order valence-electron chi connectivity index (χ2n) is 4.66. The third-order valence-corrected chi connectivity index (χ3v) is 3.98. The second kappa shape index (κ2) is 4.28. The van der Waals surface area contributed by atoms with Crippen molar-refractivity contribution in [3.63, 3.8) is 0 Å². The first-order valence-electron chi connectivity index (χ1n) is 5.92. The molecule has 0 bridgehead atoms. The van der Waals surface area contributed by atoms with Crippen LogP contribution in [0, 0.1) is 13.8 Å². The minimum absolute atomic E-state index is 0.406. The van der Waals surface area contributed by atoms with E-state index in [0.29, 0.717) is 12.1 Å². The van der Waals surface area contributed by atoms with Crippen LogP contribution in [0.5, 0.6) is 0 Å². The fraction of sp³-hybridized carbons (Fsp3) is 0.214. The van der Waals surface area contributed by atoms with Gasteiger partial charge >= 0.3 is 0 Å². The molecule has 0 aliphatic carbocycles. The molecule has 1 aromatic carbocycles. The van der Waals surface area contributed by atoms with Crippen molar-refractivity contribution in [1.82, 2.24) is 4.98 Å². The van der Waals surface area contributed by atoms with E-state index >= 15 is 0 Å². The molecule has 0 unspecified atom stereocenters. The van der Waals surface area contributed by atoms with E-state index in [1.54, 1.807) is 16.6 Å². The Balaban J connectivity index is 2.09. The molecule has 1 aromatic heterocycles. The van der Waals surface area contributed by atoms with Crippen molar-refractivity contribution in [2.24, 2.45) is 0 Å². The van der Waals surface area contributed by atoms with E-state index in [-0.39, 0.29) is 0 Å². The number of ketones is 1. The Kier molecular flexibility index (Phi) is 2.71. The number of hydrogen-bond donors (Lipinski definition) is 0. The third kappa shape index (κ3) is 1.86. The highest BCUT2D eigenvalue weighted by molar-refractivity contribution is 7.09. The van der Waals surface area contributed by atoms with E-state index < -0.39 is 11.7 Å². The Hall–Kier alpha value is -2.01. The summed E-state index contributed by atoms with van der Waals surface area (Å²) in [6.45, 7) is 4.24. The van der Waals surface area contributed by atoms with Crippen LogP contribution < -0.4 is 4.90 Å². The molecule has 1 aliphatic rings. The summed E-state index contributed by atoms with van der Waals surface area (Å²) in [6.07, 6.45) is 1.73. The fourth-order valence-electron chi connectivity index (χ4n) is 2.43. The average Bonchev–Trinajstić information content (AvgIpc) is 2.93. The number of anilines is 1. The highest BCUT2D eigenvalue weighted by atomic mass is 32.1. The number of amides is 1. The van der Waals surface area contributed by atoms with Gasteiger partial charge in [-0.1, -0.05) is 6.07 Å². The maximum Gasteiger partial charge on any atom is 0.299 e. The lowest BCUT2D eigenvalue weighted by Crippen LogP contribution is -2.28. The van der Waals surface area contributed by atoms with E-state index in [2.05, 4.69) is 4.98 Å². The molecule has 1 aliphatic heterocycles. The summed E-state index contributed by atoms with van der Waals surface area (Å²) in [4.78, 5) is 30.7. The summed E-state index contributed by atoms with van der Waals surface area (Å²) in [7, 11) is 0. The van der Waals surface area contributed by atoms with Gasteiger partial charge in [0.05, 0.1) is 23.3 Å². The zero-order valence-corrected chi connectivity index (χ0v) is 11.5. The van der Waals surface area contributed by atoms with Crippen molar-refractivity contribution in [3.8, 4) is 0 Å². The van der Waals surface area contributed by atoms with Gasteiger partial charge in [0, 0.05) is 11.1 Å². The third-order valence-electron chi connectivity index (χ3n) is 3.21. The summed E-state index contributed by atoms with van der Waals surface area (Å²) >= 11 is 1.48. The monoisotopic (exact) mass is 272 g/mol. The number of Topliss-reactive ketones (excluding diaryl/α,β-unsaturated/α-hetero) is 1. The van der Waals surface area contributed by atoms with Crippen LogP contribution in [0.2, 0.25) is 0 Å². The first-order chi connectivity index (χ1) is 9.08. The van der Waals surface area contributed by atoms with Gasteiger partial charge in [-0.2, -0.15) is 0 Å². The van der Waals surface area contributed by atoms with Crippen LogP contribution in [-0.2, 0) is 11.3 Å². The van der Waals surface area contributed by atoms with Crippen molar-refractivity contribution < 1.29 is 9.59 Å². The number of benzene rings is 1. The van der Waals surface area contributed by atoms with Crippen molar-refractivity contribution >= 4 is 28.7 Å². The van der Waals surface area contributed by atoms with Crippen molar-refractivity contribution in [2.45, 2.75) is 20.4 Å². The quantitative estimate of drug-likeness (QED) is 0.789. The number of nitrogens with zero attached hydrogens (tertiary/aromatic N) is 2. The molecule has 0 saturated heterocycles. The van der Waals surface area contributed by atoms with Gasteiger partial charge in [-0.3, -0.25) is 19.5 Å². The molecule has 4 nitrogen and oxygen atoms in total. The van der Waals surface area contributed by atoms with E-state index in [1.165, 1.54) is 11.3 Å². The number of carbonyl (C=O) groups excluding carboxylic acids is 2. The number of fused-ring (bicyclic) bond motifs is 1. The molecule has 2 heterocycles. The molecule has 0 radical (unpaired) electrons. The van der Waals surface area contributed by atoms with Gasteiger partial charge in [0.2, 0.25) is 0 Å². The SMILES string of the molecule is Cc1cc(C)c2c(c1)N(Cc1cncs1)C(=O)C2=O. The topological polar surface area (TPSA) is 50.3 Å². The molecule has 96 valence electrons. The van der Waals surface area contributed by atoms with Crippen LogP contribution >= 0.6 is 11.3 Å². The van der Waals surface area contributed by atoms with Crippen LogP contribution in [-0.4, -0.2) is 16.7 Å². The van der Waals surface area contributed by atoms with Gasteiger partial charge in [-0.05, 0) is 31.0 Å². The molecular weight excluding hydrogens is 260 g/mol. The summed E-state index contributed by atoms with van der Waals surface area (Å²) in [5.74, 6) is -0.853. The first kappa shape index (κ1) is 12.0. The molecule has 2 aromatic rings. The smallest absolute Gasteiger partial charge is 0.299 e. The van der Waals surface area contributed by atoms with E-state index in [0.717, 1.165) is 21.7 Å². The normalized spacial score (nSPS) is 14.1. The van der Waals surface area contributed by atoms with Gasteiger partial charge in [0.25, 0.3) is 11.7 Å². The highest BCUT2D eigenvalue weighted by Gasteiger charge is 2.37. The lowest BCUT2D eigenvalue weighted by molar-refractivity contribution is -0.114. The zero-order valence-electron chi connectivity index (χ0n) is 10.6. The molecule has 5 heteroatoms. The van der Waals surface area contributed by atoms with Gasteiger partial charge in [-0.25, -0.2) is 0 Å². The van der Waals surface area contributed by atoms with E-state index in [9.17, 15) is 9.59 Å². The maximum absolute atomic E-state index is 12.1. The van der Waals surface area contributed by atoms with Crippen molar-refractivity contribution in [3.05, 3.63) is 45.4 Å². The minimum atomic E-state index is -0.447. The molecule has 1 amide bonds. The minimum Gasteiger partial charge on any atom is -0.299 e. The average molecular weight is 272 g/mol. The molecule has 0 spiro atoms. The van der Waals surface area contributed by atoms with Gasteiger partial charge in [-0.15, -0.1) is 11.3 Å².